The van der Waals surface area contributed by atoms with Gasteiger partial charge >= 0.3 is 0 Å². The number of ketones is 1. The van der Waals surface area contributed by atoms with Gasteiger partial charge < -0.3 is 9.47 Å². The number of fused-ring (bicyclic) bond motifs is 1. The summed E-state index contributed by atoms with van der Waals surface area (Å²) in [4.78, 5) is 13.1. The predicted molar refractivity (Wildman–Crippen MR) is 81.6 cm³/mol. The van der Waals surface area contributed by atoms with Crippen LogP contribution >= 0.6 is 0 Å². The van der Waals surface area contributed by atoms with Crippen LogP contribution in [0, 0.1) is 40.4 Å². The van der Waals surface area contributed by atoms with Crippen molar-refractivity contribution in [3.05, 3.63) is 12.2 Å². The summed E-state index contributed by atoms with van der Waals surface area (Å²) in [5, 5.41) is 9.53. The van der Waals surface area contributed by atoms with Crippen LogP contribution < -0.4 is 0 Å². The smallest absolute Gasteiger partial charge is 0.160 e. The fourth-order valence-electron chi connectivity index (χ4n) is 4.50. The quantitative estimate of drug-likeness (QED) is 0.736. The van der Waals surface area contributed by atoms with Gasteiger partial charge in [0.2, 0.25) is 0 Å². The van der Waals surface area contributed by atoms with Crippen LogP contribution in [-0.2, 0) is 14.3 Å². The molecule has 3 aliphatic rings. The zero-order valence-electron chi connectivity index (χ0n) is 13.7. The molecule has 2 heterocycles. The first kappa shape index (κ1) is 15.7. The second-order valence-electron chi connectivity index (χ2n) is 7.49. The molecule has 4 nitrogen and oxygen atoms in total. The molecule has 4 heteroatoms. The molecule has 2 saturated heterocycles. The lowest BCUT2D eigenvalue weighted by molar-refractivity contribution is -0.172. The van der Waals surface area contributed by atoms with Crippen LogP contribution in [0.1, 0.15) is 40.0 Å². The van der Waals surface area contributed by atoms with Crippen LogP contribution in [0.4, 0.5) is 0 Å². The third-order valence-electron chi connectivity index (χ3n) is 6.26. The minimum absolute atomic E-state index is 0.0299. The number of nitrogens with zero attached hydrogens (tertiary/aromatic N) is 1. The van der Waals surface area contributed by atoms with E-state index in [1.165, 1.54) is 0 Å². The Kier molecular flexibility index (Phi) is 3.91. The molecule has 22 heavy (non-hydrogen) atoms. The van der Waals surface area contributed by atoms with Gasteiger partial charge in [-0.2, -0.15) is 5.26 Å². The van der Waals surface area contributed by atoms with Crippen LogP contribution in [0.5, 0.6) is 0 Å². The van der Waals surface area contributed by atoms with Gasteiger partial charge in [-0.25, -0.2) is 0 Å². The highest BCUT2D eigenvalue weighted by Gasteiger charge is 2.58. The minimum atomic E-state index is -0.597. The Morgan fingerprint density at radius 2 is 2.18 bits per heavy atom. The van der Waals surface area contributed by atoms with Crippen LogP contribution in [-0.4, -0.2) is 24.8 Å². The Morgan fingerprint density at radius 1 is 1.45 bits per heavy atom. The zero-order valence-corrected chi connectivity index (χ0v) is 13.7. The third-order valence-corrected chi connectivity index (χ3v) is 6.26. The van der Waals surface area contributed by atoms with Crippen LogP contribution in [0.25, 0.3) is 0 Å². The molecule has 0 radical (unpaired) electrons. The van der Waals surface area contributed by atoms with E-state index in [0.717, 1.165) is 31.4 Å². The number of nitriles is 1. The third kappa shape index (κ3) is 2.14. The van der Waals surface area contributed by atoms with Crippen molar-refractivity contribution in [3.8, 4) is 6.07 Å². The maximum Gasteiger partial charge on any atom is 0.160 e. The van der Waals surface area contributed by atoms with Gasteiger partial charge in [0.1, 0.15) is 5.92 Å². The van der Waals surface area contributed by atoms with Crippen LogP contribution in [0.3, 0.4) is 0 Å². The van der Waals surface area contributed by atoms with Crippen molar-refractivity contribution in [1.29, 1.82) is 5.26 Å². The van der Waals surface area contributed by atoms with Crippen molar-refractivity contribution in [3.63, 3.8) is 0 Å². The summed E-state index contributed by atoms with van der Waals surface area (Å²) in [5.41, 5.74) is 0.335. The molecule has 0 aromatic heterocycles. The molecule has 2 aliphatic heterocycles. The molecule has 0 aromatic rings. The van der Waals surface area contributed by atoms with E-state index < -0.39 is 11.3 Å². The van der Waals surface area contributed by atoms with Gasteiger partial charge in [-0.1, -0.05) is 19.1 Å². The number of carbonyl (C=O) groups is 1. The SMILES string of the molecule is C=C(C)[C@@H]1C[C@@H](C)[C@](C)([C@H]2C[C@@H]3CCO[C@@H]3O2)C(=O)[C@@H]1C#N. The van der Waals surface area contributed by atoms with E-state index in [-0.39, 0.29) is 30.0 Å². The molecule has 1 aliphatic carbocycles. The first-order valence-electron chi connectivity index (χ1n) is 8.26. The normalized spacial score (nSPS) is 48.0. The molecule has 3 fully saturated rings. The molecular formula is C18H25NO3. The van der Waals surface area contributed by atoms with Gasteiger partial charge in [0, 0.05) is 11.8 Å². The van der Waals surface area contributed by atoms with Crippen LogP contribution in [0.2, 0.25) is 0 Å². The molecule has 7 atom stereocenters. The van der Waals surface area contributed by atoms with Gasteiger partial charge in [-0.3, -0.25) is 4.79 Å². The predicted octanol–water partition coefficient (Wildman–Crippen LogP) is 3.09. The molecule has 0 spiro atoms. The summed E-state index contributed by atoms with van der Waals surface area (Å²) in [6.07, 6.45) is 2.42. The Morgan fingerprint density at radius 3 is 2.77 bits per heavy atom. The first-order chi connectivity index (χ1) is 10.4. The first-order valence-corrected chi connectivity index (χ1v) is 8.26. The van der Waals surface area contributed by atoms with E-state index in [1.807, 2.05) is 13.8 Å². The largest absolute Gasteiger partial charge is 0.352 e. The number of ether oxygens (including phenoxy) is 2. The summed E-state index contributed by atoms with van der Waals surface area (Å²) in [7, 11) is 0. The van der Waals surface area contributed by atoms with Gasteiger partial charge in [0.15, 0.2) is 12.1 Å². The van der Waals surface area contributed by atoms with Crippen molar-refractivity contribution in [2.24, 2.45) is 29.1 Å². The number of hydrogen-bond donors (Lipinski definition) is 0. The van der Waals surface area contributed by atoms with Gasteiger partial charge in [-0.15, -0.1) is 0 Å². The Labute approximate surface area is 132 Å². The average Bonchev–Trinajstić information content (AvgIpc) is 3.05. The fourth-order valence-corrected chi connectivity index (χ4v) is 4.50. The molecule has 0 N–H and O–H groups in total. The van der Waals surface area contributed by atoms with Crippen molar-refractivity contribution < 1.29 is 14.3 Å². The van der Waals surface area contributed by atoms with E-state index in [1.54, 1.807) is 0 Å². The topological polar surface area (TPSA) is 59.3 Å². The van der Waals surface area contributed by atoms with Crippen molar-refractivity contribution in [1.82, 2.24) is 0 Å². The van der Waals surface area contributed by atoms with Gasteiger partial charge in [0.05, 0.1) is 24.2 Å². The summed E-state index contributed by atoms with van der Waals surface area (Å²) in [5.74, 6) is -0.00976. The highest BCUT2D eigenvalue weighted by atomic mass is 16.7. The maximum atomic E-state index is 13.1. The number of Topliss-reactive ketones (excluding diaryl/α,β-unsaturated/α-hetero) is 1. The number of allylic oxidation sites excluding steroid dienone is 1. The molecule has 1 saturated carbocycles. The van der Waals surface area contributed by atoms with E-state index in [9.17, 15) is 10.1 Å². The van der Waals surface area contributed by atoms with Crippen molar-refractivity contribution in [2.75, 3.05) is 6.61 Å². The Balaban J connectivity index is 1.88. The average molecular weight is 303 g/mol. The van der Waals surface area contributed by atoms with Gasteiger partial charge in [0.25, 0.3) is 0 Å². The van der Waals surface area contributed by atoms with E-state index in [4.69, 9.17) is 9.47 Å². The van der Waals surface area contributed by atoms with Crippen molar-refractivity contribution in [2.45, 2.75) is 52.4 Å². The standard InChI is InChI=1S/C18H25NO3/c1-10(2)13-7-11(3)18(4,16(20)14(13)9-19)15-8-12-5-6-21-17(12)22-15/h11-15,17H,1,5-8H2,2-4H3/t11-,12+,13+,14-,15-,17-,18-/m1/s1. The lowest BCUT2D eigenvalue weighted by atomic mass is 9.56. The number of rotatable bonds is 2. The van der Waals surface area contributed by atoms with Crippen LogP contribution in [0.15, 0.2) is 12.2 Å². The van der Waals surface area contributed by atoms with E-state index in [0.29, 0.717) is 5.92 Å². The molecule has 120 valence electrons. The van der Waals surface area contributed by atoms with Crippen molar-refractivity contribution >= 4 is 5.78 Å². The maximum absolute atomic E-state index is 13.1. The number of carbonyl (C=O) groups excluding carboxylic acids is 1. The minimum Gasteiger partial charge on any atom is -0.352 e. The molecule has 0 bridgehead atoms. The fraction of sp³-hybridized carbons (Fsp3) is 0.778. The van der Waals surface area contributed by atoms with Gasteiger partial charge in [-0.05, 0) is 39.0 Å². The molecule has 0 unspecified atom stereocenters. The summed E-state index contributed by atoms with van der Waals surface area (Å²) in [6, 6.07) is 2.24. The molecule has 3 rings (SSSR count). The lowest BCUT2D eigenvalue weighted by Crippen LogP contribution is -2.53. The summed E-state index contributed by atoms with van der Waals surface area (Å²) >= 11 is 0. The molecular weight excluding hydrogens is 278 g/mol. The monoisotopic (exact) mass is 303 g/mol. The second kappa shape index (κ2) is 5.47. The zero-order chi connectivity index (χ0) is 16.1. The second-order valence-corrected chi connectivity index (χ2v) is 7.49. The molecule has 0 aromatic carbocycles. The Hall–Kier alpha value is -1.18. The molecule has 0 amide bonds. The van der Waals surface area contributed by atoms with E-state index in [2.05, 4.69) is 19.6 Å². The van der Waals surface area contributed by atoms with E-state index >= 15 is 0 Å². The highest BCUT2D eigenvalue weighted by molar-refractivity contribution is 5.91. The Bertz CT molecular complexity index is 525. The highest BCUT2D eigenvalue weighted by Crippen LogP contribution is 2.52. The summed E-state index contributed by atoms with van der Waals surface area (Å²) < 4.78 is 11.7. The number of hydrogen-bond acceptors (Lipinski definition) is 4. The lowest BCUT2D eigenvalue weighted by Gasteiger charge is -2.47. The summed E-state index contributed by atoms with van der Waals surface area (Å²) in [6.45, 7) is 10.8.